The number of hydrogen-bond donors (Lipinski definition) is 1. The number of nitrogens with zero attached hydrogens (tertiary/aromatic N) is 3. The topological polar surface area (TPSA) is 101 Å². The van der Waals surface area contributed by atoms with Crippen molar-refractivity contribution >= 4 is 15.9 Å². The maximum absolute atomic E-state index is 12.6. The van der Waals surface area contributed by atoms with Gasteiger partial charge in [-0.15, -0.1) is 0 Å². The molecular weight excluding hydrogens is 356 g/mol. The van der Waals surface area contributed by atoms with Crippen LogP contribution < -0.4 is 10.1 Å². The van der Waals surface area contributed by atoms with Crippen molar-refractivity contribution in [1.29, 1.82) is 0 Å². The number of carbonyl (C=O) groups is 1. The van der Waals surface area contributed by atoms with E-state index in [4.69, 9.17) is 4.74 Å². The van der Waals surface area contributed by atoms with Crippen LogP contribution in [0.3, 0.4) is 0 Å². The zero-order valence-electron chi connectivity index (χ0n) is 14.4. The van der Waals surface area contributed by atoms with Crippen LogP contribution >= 0.6 is 0 Å². The average Bonchev–Trinajstić information content (AvgIpc) is 2.67. The lowest BCUT2D eigenvalue weighted by Crippen LogP contribution is -2.40. The minimum Gasteiger partial charge on any atom is -0.497 e. The van der Waals surface area contributed by atoms with Gasteiger partial charge >= 0.3 is 0 Å². The van der Waals surface area contributed by atoms with Crippen LogP contribution in [0.5, 0.6) is 5.75 Å². The average molecular weight is 376 g/mol. The summed E-state index contributed by atoms with van der Waals surface area (Å²) < 4.78 is 31.8. The van der Waals surface area contributed by atoms with Crippen LogP contribution in [0, 0.1) is 0 Å². The molecule has 0 unspecified atom stereocenters. The van der Waals surface area contributed by atoms with Crippen molar-refractivity contribution in [2.45, 2.75) is 13.0 Å². The summed E-state index contributed by atoms with van der Waals surface area (Å²) in [5.41, 5.74) is 2.24. The highest BCUT2D eigenvalue weighted by Crippen LogP contribution is 2.25. The van der Waals surface area contributed by atoms with E-state index >= 15 is 0 Å². The molecule has 1 aliphatic rings. The molecule has 1 amide bonds. The van der Waals surface area contributed by atoms with Crippen LogP contribution in [0.15, 0.2) is 36.8 Å². The molecule has 26 heavy (non-hydrogen) atoms. The van der Waals surface area contributed by atoms with Gasteiger partial charge in [-0.2, -0.15) is 4.31 Å². The standard InChI is InChI=1S/C17H20N4O4S/c1-25-15-3-2-14-12-21(8-4-13(14)10-15)26(23,24)9-7-20-17(22)16-11-18-5-6-19-16/h2-3,5-6,10-11H,4,7-9,12H2,1H3,(H,20,22). The fraction of sp³-hybridized carbons (Fsp3) is 0.353. The monoisotopic (exact) mass is 376 g/mol. The number of methoxy groups -OCH3 is 1. The van der Waals surface area contributed by atoms with Crippen LogP contribution in [0.1, 0.15) is 21.6 Å². The molecule has 1 aliphatic heterocycles. The first kappa shape index (κ1) is 18.3. The number of fused-ring (bicyclic) bond motifs is 1. The van der Waals surface area contributed by atoms with Crippen molar-refractivity contribution < 1.29 is 17.9 Å². The molecule has 2 heterocycles. The molecule has 0 aliphatic carbocycles. The Balaban J connectivity index is 1.57. The molecule has 9 heteroatoms. The third-order valence-corrected chi connectivity index (χ3v) is 6.04. The molecule has 1 N–H and O–H groups in total. The second kappa shape index (κ2) is 7.79. The highest BCUT2D eigenvalue weighted by atomic mass is 32.2. The molecular formula is C17H20N4O4S. The van der Waals surface area contributed by atoms with Crippen LogP contribution in [-0.4, -0.2) is 54.6 Å². The lowest BCUT2D eigenvalue weighted by atomic mass is 10.0. The number of nitrogens with one attached hydrogen (secondary N) is 1. The van der Waals surface area contributed by atoms with Gasteiger partial charge in [0.1, 0.15) is 11.4 Å². The number of rotatable bonds is 6. The van der Waals surface area contributed by atoms with Crippen molar-refractivity contribution in [3.63, 3.8) is 0 Å². The van der Waals surface area contributed by atoms with Gasteiger partial charge in [0.25, 0.3) is 5.91 Å². The van der Waals surface area contributed by atoms with E-state index in [-0.39, 0.29) is 18.0 Å². The Morgan fingerprint density at radius 3 is 2.88 bits per heavy atom. The van der Waals surface area contributed by atoms with Crippen LogP contribution in [0.25, 0.3) is 0 Å². The molecule has 0 atom stereocenters. The van der Waals surface area contributed by atoms with Gasteiger partial charge in [0, 0.05) is 32.0 Å². The molecule has 3 rings (SSSR count). The summed E-state index contributed by atoms with van der Waals surface area (Å²) in [7, 11) is -1.86. The Bertz CT molecular complexity index is 887. The Morgan fingerprint density at radius 1 is 1.31 bits per heavy atom. The summed E-state index contributed by atoms with van der Waals surface area (Å²) in [6.45, 7) is 0.768. The first-order valence-corrected chi connectivity index (χ1v) is 9.78. The van der Waals surface area contributed by atoms with Gasteiger partial charge in [-0.25, -0.2) is 13.4 Å². The highest BCUT2D eigenvalue weighted by molar-refractivity contribution is 7.89. The molecule has 0 saturated carbocycles. The molecule has 1 aromatic carbocycles. The van der Waals surface area contributed by atoms with Gasteiger partial charge in [-0.3, -0.25) is 9.78 Å². The lowest BCUT2D eigenvalue weighted by Gasteiger charge is -2.28. The van der Waals surface area contributed by atoms with E-state index in [1.54, 1.807) is 7.11 Å². The van der Waals surface area contributed by atoms with Crippen molar-refractivity contribution in [2.75, 3.05) is 26.0 Å². The number of sulfonamides is 1. The first-order chi connectivity index (χ1) is 12.5. The number of benzene rings is 1. The number of amides is 1. The quantitative estimate of drug-likeness (QED) is 0.792. The summed E-state index contributed by atoms with van der Waals surface area (Å²) >= 11 is 0. The predicted octanol–water partition coefficient (Wildman–Crippen LogP) is 0.603. The summed E-state index contributed by atoms with van der Waals surface area (Å²) in [5.74, 6) is 0.168. The summed E-state index contributed by atoms with van der Waals surface area (Å²) in [6, 6.07) is 5.67. The maximum atomic E-state index is 12.6. The SMILES string of the molecule is COc1ccc2c(c1)CCN(S(=O)(=O)CCNC(=O)c1cnccn1)C2. The minimum absolute atomic E-state index is 0.0176. The fourth-order valence-corrected chi connectivity index (χ4v) is 4.12. The van der Waals surface area contributed by atoms with Crippen LogP contribution in [0.2, 0.25) is 0 Å². The second-order valence-electron chi connectivity index (χ2n) is 5.88. The third-order valence-electron chi connectivity index (χ3n) is 4.23. The molecule has 138 valence electrons. The van der Waals surface area contributed by atoms with Gasteiger partial charge in [0.15, 0.2) is 0 Å². The van der Waals surface area contributed by atoms with Crippen molar-refractivity contribution in [1.82, 2.24) is 19.6 Å². The number of aromatic nitrogens is 2. The summed E-state index contributed by atoms with van der Waals surface area (Å²) in [4.78, 5) is 19.6. The van der Waals surface area contributed by atoms with Gasteiger partial charge in [-0.05, 0) is 29.7 Å². The Kier molecular flexibility index (Phi) is 5.48. The predicted molar refractivity (Wildman–Crippen MR) is 95.3 cm³/mol. The van der Waals surface area contributed by atoms with E-state index in [9.17, 15) is 13.2 Å². The van der Waals surface area contributed by atoms with Gasteiger partial charge in [0.05, 0.1) is 19.1 Å². The Labute approximate surface area is 152 Å². The molecule has 0 bridgehead atoms. The molecule has 0 fully saturated rings. The largest absolute Gasteiger partial charge is 0.497 e. The molecule has 0 saturated heterocycles. The smallest absolute Gasteiger partial charge is 0.271 e. The van der Waals surface area contributed by atoms with Gasteiger partial charge < -0.3 is 10.1 Å². The fourth-order valence-electron chi connectivity index (χ4n) is 2.80. The highest BCUT2D eigenvalue weighted by Gasteiger charge is 2.26. The Hall–Kier alpha value is -2.52. The third kappa shape index (κ3) is 4.17. The normalized spacial score (nSPS) is 14.5. The maximum Gasteiger partial charge on any atom is 0.271 e. The molecule has 8 nitrogen and oxygen atoms in total. The van der Waals surface area contributed by atoms with E-state index in [1.165, 1.54) is 22.9 Å². The van der Waals surface area contributed by atoms with E-state index in [1.807, 2.05) is 18.2 Å². The van der Waals surface area contributed by atoms with Crippen molar-refractivity contribution in [3.8, 4) is 5.75 Å². The number of carbonyl (C=O) groups excluding carboxylic acids is 1. The Morgan fingerprint density at radius 2 is 2.15 bits per heavy atom. The molecule has 0 spiro atoms. The number of hydrogen-bond acceptors (Lipinski definition) is 6. The van der Waals surface area contributed by atoms with Gasteiger partial charge in [0.2, 0.25) is 10.0 Å². The second-order valence-corrected chi connectivity index (χ2v) is 7.97. The van der Waals surface area contributed by atoms with Gasteiger partial charge in [-0.1, -0.05) is 6.07 Å². The van der Waals surface area contributed by atoms with E-state index in [2.05, 4.69) is 15.3 Å². The van der Waals surface area contributed by atoms with Crippen LogP contribution in [-0.2, 0) is 23.0 Å². The zero-order valence-corrected chi connectivity index (χ0v) is 15.2. The first-order valence-electron chi connectivity index (χ1n) is 8.17. The lowest BCUT2D eigenvalue weighted by molar-refractivity contribution is 0.0950. The molecule has 0 radical (unpaired) electrons. The summed E-state index contributed by atoms with van der Waals surface area (Å²) in [6.07, 6.45) is 4.84. The van der Waals surface area contributed by atoms with E-state index in [0.29, 0.717) is 19.5 Å². The van der Waals surface area contributed by atoms with Crippen molar-refractivity contribution in [2.24, 2.45) is 0 Å². The van der Waals surface area contributed by atoms with E-state index < -0.39 is 15.9 Å². The number of ether oxygens (including phenoxy) is 1. The van der Waals surface area contributed by atoms with Crippen molar-refractivity contribution in [3.05, 3.63) is 53.6 Å². The zero-order chi connectivity index (χ0) is 18.6. The van der Waals surface area contributed by atoms with Crippen LogP contribution in [0.4, 0.5) is 0 Å². The summed E-state index contributed by atoms with van der Waals surface area (Å²) in [5, 5.41) is 2.56. The minimum atomic E-state index is -3.47. The van der Waals surface area contributed by atoms with E-state index in [0.717, 1.165) is 16.9 Å². The molecule has 1 aromatic heterocycles. The molecule has 2 aromatic rings.